The van der Waals surface area contributed by atoms with Gasteiger partial charge in [0.1, 0.15) is 6.10 Å². The first kappa shape index (κ1) is 7.03. The Kier molecular flexibility index (Phi) is 3.69. The highest BCUT2D eigenvalue weighted by Crippen LogP contribution is 1.94. The summed E-state index contributed by atoms with van der Waals surface area (Å²) in [6, 6.07) is 0. The first-order valence-corrected chi connectivity index (χ1v) is 2.47. The average Bonchev–Trinajstić information content (AvgIpc) is 1.68. The van der Waals surface area contributed by atoms with Crippen molar-refractivity contribution in [2.45, 2.75) is 19.4 Å². The molecule has 2 heteroatoms. The number of nitrogens with zero attached hydrogens (tertiary/aromatic N) is 1. The Morgan fingerprint density at radius 2 is 2.62 bits per heavy atom. The van der Waals surface area contributed by atoms with Gasteiger partial charge < -0.3 is 4.74 Å². The van der Waals surface area contributed by atoms with E-state index in [0.29, 0.717) is 0 Å². The van der Waals surface area contributed by atoms with Crippen LogP contribution in [-0.4, -0.2) is 6.10 Å². The predicted molar refractivity (Wildman–Crippen MR) is 31.0 cm³/mol. The maximum Gasteiger partial charge on any atom is 0.286 e. The molecule has 0 spiro atoms. The molecule has 0 amide bonds. The molecule has 0 aliphatic carbocycles. The summed E-state index contributed by atoms with van der Waals surface area (Å²) in [6.45, 7) is 5.32. The highest BCUT2D eigenvalue weighted by Gasteiger charge is 1.94. The van der Waals surface area contributed by atoms with Crippen LogP contribution in [0.25, 0.3) is 0 Å². The molecule has 0 bridgehead atoms. The number of ether oxygens (including phenoxy) is 1. The molecule has 0 aliphatic rings. The van der Waals surface area contributed by atoms with Gasteiger partial charge >= 0.3 is 0 Å². The van der Waals surface area contributed by atoms with Crippen LogP contribution >= 0.6 is 0 Å². The van der Waals surface area contributed by atoms with Crippen LogP contribution in [0, 0.1) is 11.5 Å². The Labute approximate surface area is 49.4 Å². The molecule has 8 heavy (non-hydrogen) atoms. The molecule has 0 N–H and O–H groups in total. The largest absolute Gasteiger partial charge is 0.424 e. The van der Waals surface area contributed by atoms with Crippen molar-refractivity contribution in [3.63, 3.8) is 0 Å². The van der Waals surface area contributed by atoms with Crippen molar-refractivity contribution >= 4 is 0 Å². The third-order valence-electron chi connectivity index (χ3n) is 0.752. The molecule has 0 aromatic heterocycles. The fourth-order valence-corrected chi connectivity index (χ4v) is 0.373. The van der Waals surface area contributed by atoms with Crippen molar-refractivity contribution in [3.8, 4) is 6.26 Å². The van der Waals surface area contributed by atoms with Gasteiger partial charge in [-0.15, -0.1) is 6.58 Å². The van der Waals surface area contributed by atoms with Gasteiger partial charge in [-0.2, -0.15) is 5.26 Å². The molecule has 0 rings (SSSR count). The monoisotopic (exact) mass is 111 g/mol. The van der Waals surface area contributed by atoms with Crippen LogP contribution in [-0.2, 0) is 4.74 Å². The minimum absolute atomic E-state index is 0.0162. The number of nitriles is 1. The fourth-order valence-electron chi connectivity index (χ4n) is 0.373. The molecule has 0 aromatic carbocycles. The van der Waals surface area contributed by atoms with E-state index in [0.717, 1.165) is 6.42 Å². The molecule has 0 radical (unpaired) electrons. The molecule has 2 nitrogen and oxygen atoms in total. The van der Waals surface area contributed by atoms with E-state index in [1.165, 1.54) is 0 Å². The standard InChI is InChI=1S/C6H9NO/c1-3-4-6(2)8-5-7/h3,6H,1,4H2,2H3. The van der Waals surface area contributed by atoms with Crippen LogP contribution in [0.2, 0.25) is 0 Å². The summed E-state index contributed by atoms with van der Waals surface area (Å²) in [5.41, 5.74) is 0. The number of hydrogen-bond acceptors (Lipinski definition) is 2. The van der Waals surface area contributed by atoms with E-state index >= 15 is 0 Å². The summed E-state index contributed by atoms with van der Waals surface area (Å²) in [5.74, 6) is 0. The first-order chi connectivity index (χ1) is 3.81. The van der Waals surface area contributed by atoms with Crippen molar-refractivity contribution in [1.29, 1.82) is 5.26 Å². The maximum absolute atomic E-state index is 7.96. The Balaban J connectivity index is 3.20. The van der Waals surface area contributed by atoms with Crippen molar-refractivity contribution < 1.29 is 4.74 Å². The van der Waals surface area contributed by atoms with Gasteiger partial charge in [0.2, 0.25) is 0 Å². The van der Waals surface area contributed by atoms with E-state index in [4.69, 9.17) is 5.26 Å². The fraction of sp³-hybridized carbons (Fsp3) is 0.500. The predicted octanol–water partition coefficient (Wildman–Crippen LogP) is 1.45. The summed E-state index contributed by atoms with van der Waals surface area (Å²) in [4.78, 5) is 0. The minimum atomic E-state index is -0.0162. The summed E-state index contributed by atoms with van der Waals surface area (Å²) < 4.78 is 4.52. The molecule has 0 heterocycles. The zero-order valence-corrected chi connectivity index (χ0v) is 4.92. The molecular weight excluding hydrogens is 102 g/mol. The molecule has 1 unspecified atom stereocenters. The molecule has 1 atom stereocenters. The quantitative estimate of drug-likeness (QED) is 0.408. The van der Waals surface area contributed by atoms with E-state index in [1.54, 1.807) is 12.3 Å². The lowest BCUT2D eigenvalue weighted by Gasteiger charge is -2.00. The van der Waals surface area contributed by atoms with Gasteiger partial charge in [0.15, 0.2) is 0 Å². The van der Waals surface area contributed by atoms with E-state index in [1.807, 2.05) is 6.92 Å². The Morgan fingerprint density at radius 1 is 2.00 bits per heavy atom. The third kappa shape index (κ3) is 3.23. The molecule has 0 fully saturated rings. The Bertz CT molecular complexity index is 104. The second-order valence-corrected chi connectivity index (χ2v) is 1.54. The summed E-state index contributed by atoms with van der Waals surface area (Å²) in [6.07, 6.45) is 4.04. The van der Waals surface area contributed by atoms with Crippen LogP contribution in [0.5, 0.6) is 0 Å². The van der Waals surface area contributed by atoms with Crippen LogP contribution in [0.4, 0.5) is 0 Å². The van der Waals surface area contributed by atoms with E-state index in [-0.39, 0.29) is 6.10 Å². The van der Waals surface area contributed by atoms with Crippen LogP contribution in [0.15, 0.2) is 12.7 Å². The number of hydrogen-bond donors (Lipinski definition) is 0. The highest BCUT2D eigenvalue weighted by atomic mass is 16.5. The average molecular weight is 111 g/mol. The molecule has 0 aromatic rings. The zero-order chi connectivity index (χ0) is 6.41. The summed E-state index contributed by atoms with van der Waals surface area (Å²) >= 11 is 0. The molecule has 44 valence electrons. The SMILES string of the molecule is C=CCC(C)OC#N. The highest BCUT2D eigenvalue weighted by molar-refractivity contribution is 4.71. The van der Waals surface area contributed by atoms with Crippen LogP contribution in [0.1, 0.15) is 13.3 Å². The minimum Gasteiger partial charge on any atom is -0.424 e. The van der Waals surface area contributed by atoms with Crippen molar-refractivity contribution in [2.75, 3.05) is 0 Å². The lowest BCUT2D eigenvalue weighted by atomic mass is 10.3. The van der Waals surface area contributed by atoms with Gasteiger partial charge in [-0.1, -0.05) is 6.08 Å². The first-order valence-electron chi connectivity index (χ1n) is 2.47. The van der Waals surface area contributed by atoms with E-state index in [2.05, 4.69) is 11.3 Å². The summed E-state index contributed by atoms with van der Waals surface area (Å²) in [5, 5.41) is 7.96. The maximum atomic E-state index is 7.96. The Hall–Kier alpha value is -0.970. The Morgan fingerprint density at radius 3 is 3.00 bits per heavy atom. The van der Waals surface area contributed by atoms with Gasteiger partial charge in [-0.3, -0.25) is 0 Å². The van der Waals surface area contributed by atoms with Crippen molar-refractivity contribution in [2.24, 2.45) is 0 Å². The molecular formula is C6H9NO. The summed E-state index contributed by atoms with van der Waals surface area (Å²) in [7, 11) is 0. The van der Waals surface area contributed by atoms with E-state index < -0.39 is 0 Å². The van der Waals surface area contributed by atoms with Gasteiger partial charge in [-0.05, 0) is 6.92 Å². The lowest BCUT2D eigenvalue weighted by Crippen LogP contribution is -2.00. The van der Waals surface area contributed by atoms with Gasteiger partial charge in [0.05, 0.1) is 0 Å². The second kappa shape index (κ2) is 4.20. The zero-order valence-electron chi connectivity index (χ0n) is 4.92. The van der Waals surface area contributed by atoms with Gasteiger partial charge in [0, 0.05) is 6.42 Å². The van der Waals surface area contributed by atoms with Crippen molar-refractivity contribution in [3.05, 3.63) is 12.7 Å². The smallest absolute Gasteiger partial charge is 0.286 e. The molecule has 0 saturated heterocycles. The number of rotatable bonds is 3. The van der Waals surface area contributed by atoms with E-state index in [9.17, 15) is 0 Å². The normalized spacial score (nSPS) is 11.5. The lowest BCUT2D eigenvalue weighted by molar-refractivity contribution is 0.182. The van der Waals surface area contributed by atoms with Gasteiger partial charge in [0.25, 0.3) is 6.26 Å². The second-order valence-electron chi connectivity index (χ2n) is 1.54. The molecule has 0 saturated carbocycles. The third-order valence-corrected chi connectivity index (χ3v) is 0.752. The molecule has 0 aliphatic heterocycles. The topological polar surface area (TPSA) is 33.0 Å². The van der Waals surface area contributed by atoms with Crippen LogP contribution < -0.4 is 0 Å². The van der Waals surface area contributed by atoms with Crippen molar-refractivity contribution in [1.82, 2.24) is 0 Å². The van der Waals surface area contributed by atoms with Crippen LogP contribution in [0.3, 0.4) is 0 Å². The van der Waals surface area contributed by atoms with Gasteiger partial charge in [-0.25, -0.2) is 0 Å².